The predicted octanol–water partition coefficient (Wildman–Crippen LogP) is 4.04. The van der Waals surface area contributed by atoms with Crippen LogP contribution in [-0.4, -0.2) is 37.0 Å². The molecule has 130 valence electrons. The molecule has 0 amide bonds. The number of esters is 1. The summed E-state index contributed by atoms with van der Waals surface area (Å²) in [7, 11) is -1.11. The molecule has 0 radical (unpaired) electrons. The maximum atomic E-state index is 12.2. The summed E-state index contributed by atoms with van der Waals surface area (Å²) in [6, 6.07) is 10.4. The fourth-order valence-corrected chi connectivity index (χ4v) is 3.04. The number of aromatic nitrogens is 2. The molecule has 2 rings (SSSR count). The zero-order chi connectivity index (χ0) is 17.6. The van der Waals surface area contributed by atoms with Crippen molar-refractivity contribution in [2.75, 3.05) is 13.2 Å². The number of hydrogen-bond acceptors (Lipinski definition) is 4. The van der Waals surface area contributed by atoms with E-state index < -0.39 is 8.07 Å². The Kier molecular flexibility index (Phi) is 6.34. The number of ether oxygens (including phenoxy) is 2. The number of hydrogen-bond donors (Lipinski definition) is 0. The minimum atomic E-state index is -1.11. The van der Waals surface area contributed by atoms with E-state index in [2.05, 4.69) is 24.7 Å². The van der Waals surface area contributed by atoms with Gasteiger partial charge in [-0.1, -0.05) is 37.8 Å². The van der Waals surface area contributed by atoms with Crippen LogP contribution in [0.3, 0.4) is 0 Å². The van der Waals surface area contributed by atoms with Gasteiger partial charge >= 0.3 is 5.97 Å². The highest BCUT2D eigenvalue weighted by Crippen LogP contribution is 2.24. The molecule has 24 heavy (non-hydrogen) atoms. The first-order valence-corrected chi connectivity index (χ1v) is 12.0. The summed E-state index contributed by atoms with van der Waals surface area (Å²) in [6.45, 7) is 10.2. The van der Waals surface area contributed by atoms with Crippen molar-refractivity contribution >= 4 is 14.0 Å². The van der Waals surface area contributed by atoms with Gasteiger partial charge in [-0.15, -0.1) is 0 Å². The van der Waals surface area contributed by atoms with Crippen molar-refractivity contribution in [3.8, 4) is 11.3 Å². The van der Waals surface area contributed by atoms with Gasteiger partial charge in [-0.2, -0.15) is 5.10 Å². The summed E-state index contributed by atoms with van der Waals surface area (Å²) >= 11 is 0. The van der Waals surface area contributed by atoms with Gasteiger partial charge in [-0.3, -0.25) is 0 Å². The monoisotopic (exact) mass is 346 g/mol. The van der Waals surface area contributed by atoms with Crippen LogP contribution in [0.1, 0.15) is 17.3 Å². The van der Waals surface area contributed by atoms with E-state index in [4.69, 9.17) is 9.47 Å². The quantitative estimate of drug-likeness (QED) is 0.411. The molecule has 6 heteroatoms. The van der Waals surface area contributed by atoms with E-state index in [-0.39, 0.29) is 5.97 Å². The molecule has 0 unspecified atom stereocenters. The van der Waals surface area contributed by atoms with Crippen molar-refractivity contribution in [2.24, 2.45) is 0 Å². The normalized spacial score (nSPS) is 11.5. The summed E-state index contributed by atoms with van der Waals surface area (Å²) in [5.74, 6) is -0.319. The Morgan fingerprint density at radius 1 is 1.21 bits per heavy atom. The summed E-state index contributed by atoms with van der Waals surface area (Å²) in [5.41, 5.74) is 2.21. The number of nitrogens with zero attached hydrogens (tertiary/aromatic N) is 2. The average Bonchev–Trinajstić information content (AvgIpc) is 2.99. The number of carbonyl (C=O) groups excluding carboxylic acids is 1. The van der Waals surface area contributed by atoms with E-state index in [0.29, 0.717) is 18.9 Å². The minimum absolute atomic E-state index is 0.319. The van der Waals surface area contributed by atoms with E-state index in [9.17, 15) is 4.79 Å². The second-order valence-electron chi connectivity index (χ2n) is 6.83. The predicted molar refractivity (Wildman–Crippen MR) is 97.7 cm³/mol. The molecule has 0 aliphatic carbocycles. The molecule has 1 heterocycles. The third kappa shape index (κ3) is 5.04. The third-order valence-corrected chi connectivity index (χ3v) is 5.33. The van der Waals surface area contributed by atoms with Crippen molar-refractivity contribution < 1.29 is 14.3 Å². The van der Waals surface area contributed by atoms with E-state index >= 15 is 0 Å². The van der Waals surface area contributed by atoms with Crippen LogP contribution in [0.4, 0.5) is 0 Å². The molecule has 0 aliphatic heterocycles. The van der Waals surface area contributed by atoms with Gasteiger partial charge in [-0.05, 0) is 25.1 Å². The number of carbonyl (C=O) groups is 1. The van der Waals surface area contributed by atoms with Crippen LogP contribution in [0.15, 0.2) is 36.5 Å². The Bertz CT molecular complexity index is 677. The van der Waals surface area contributed by atoms with Gasteiger partial charge in [0.1, 0.15) is 6.73 Å². The molecular weight excluding hydrogens is 320 g/mol. The molecule has 0 spiro atoms. The van der Waals surface area contributed by atoms with E-state index in [1.807, 2.05) is 24.3 Å². The maximum Gasteiger partial charge on any atom is 0.338 e. The molecule has 0 aliphatic rings. The van der Waals surface area contributed by atoms with Crippen LogP contribution >= 0.6 is 0 Å². The Morgan fingerprint density at radius 2 is 1.96 bits per heavy atom. The van der Waals surface area contributed by atoms with Crippen LogP contribution in [-0.2, 0) is 16.2 Å². The molecular formula is C18H26N2O3Si. The van der Waals surface area contributed by atoms with Gasteiger partial charge < -0.3 is 9.47 Å². The molecule has 0 saturated heterocycles. The summed E-state index contributed by atoms with van der Waals surface area (Å²) in [6.07, 6.45) is 1.72. The lowest BCUT2D eigenvalue weighted by molar-refractivity contribution is 0.0526. The highest BCUT2D eigenvalue weighted by Gasteiger charge is 2.17. The van der Waals surface area contributed by atoms with Crippen LogP contribution in [0, 0.1) is 0 Å². The second kappa shape index (κ2) is 8.26. The molecule has 1 aromatic heterocycles. The van der Waals surface area contributed by atoms with E-state index in [1.54, 1.807) is 23.9 Å². The fourth-order valence-electron chi connectivity index (χ4n) is 2.29. The lowest BCUT2D eigenvalue weighted by Crippen LogP contribution is -2.22. The highest BCUT2D eigenvalue weighted by molar-refractivity contribution is 6.76. The van der Waals surface area contributed by atoms with Crippen LogP contribution in [0.5, 0.6) is 0 Å². The number of benzene rings is 1. The first-order valence-electron chi connectivity index (χ1n) is 8.28. The third-order valence-electron chi connectivity index (χ3n) is 3.62. The first kappa shape index (κ1) is 18.4. The van der Waals surface area contributed by atoms with Crippen LogP contribution in [0.2, 0.25) is 25.7 Å². The van der Waals surface area contributed by atoms with Gasteiger partial charge in [0, 0.05) is 26.4 Å². The van der Waals surface area contributed by atoms with Crippen molar-refractivity contribution in [3.63, 3.8) is 0 Å². The SMILES string of the molecule is CCOC(=O)c1ccccc1-c1ccnn1COCC[Si](C)(C)C. The molecule has 0 bridgehead atoms. The zero-order valence-electron chi connectivity index (χ0n) is 14.9. The second-order valence-corrected chi connectivity index (χ2v) is 12.5. The zero-order valence-corrected chi connectivity index (χ0v) is 15.9. The Morgan fingerprint density at radius 3 is 2.67 bits per heavy atom. The van der Waals surface area contributed by atoms with E-state index in [0.717, 1.165) is 23.9 Å². The van der Waals surface area contributed by atoms with Crippen LogP contribution < -0.4 is 0 Å². The molecule has 5 nitrogen and oxygen atoms in total. The molecule has 0 atom stereocenters. The van der Waals surface area contributed by atoms with Gasteiger partial charge in [-0.25, -0.2) is 9.48 Å². The van der Waals surface area contributed by atoms with Gasteiger partial charge in [0.15, 0.2) is 0 Å². The molecule has 0 fully saturated rings. The molecule has 1 aromatic carbocycles. The highest BCUT2D eigenvalue weighted by atomic mass is 28.3. The van der Waals surface area contributed by atoms with Gasteiger partial charge in [0.05, 0.1) is 17.9 Å². The van der Waals surface area contributed by atoms with Crippen molar-refractivity contribution in [1.29, 1.82) is 0 Å². The standard InChI is InChI=1S/C18H26N2O3Si/c1-5-23-18(21)16-9-7-6-8-15(16)17-10-11-19-20(17)14-22-12-13-24(2,3)4/h6-11H,5,12-14H2,1-4H3. The summed E-state index contributed by atoms with van der Waals surface area (Å²) < 4.78 is 12.7. The molecule has 0 N–H and O–H groups in total. The van der Waals surface area contributed by atoms with Crippen molar-refractivity contribution in [3.05, 3.63) is 42.1 Å². The smallest absolute Gasteiger partial charge is 0.338 e. The lowest BCUT2D eigenvalue weighted by Gasteiger charge is -2.16. The molecule has 0 saturated carbocycles. The Labute approximate surface area is 144 Å². The Balaban J connectivity index is 2.14. The van der Waals surface area contributed by atoms with Crippen molar-refractivity contribution in [1.82, 2.24) is 9.78 Å². The van der Waals surface area contributed by atoms with E-state index in [1.165, 1.54) is 0 Å². The number of rotatable bonds is 8. The van der Waals surface area contributed by atoms with Gasteiger partial charge in [0.2, 0.25) is 0 Å². The average molecular weight is 347 g/mol. The summed E-state index contributed by atoms with van der Waals surface area (Å²) in [4.78, 5) is 12.2. The van der Waals surface area contributed by atoms with Crippen LogP contribution in [0.25, 0.3) is 11.3 Å². The fraction of sp³-hybridized carbons (Fsp3) is 0.444. The van der Waals surface area contributed by atoms with Gasteiger partial charge in [0.25, 0.3) is 0 Å². The minimum Gasteiger partial charge on any atom is -0.462 e. The lowest BCUT2D eigenvalue weighted by atomic mass is 10.0. The molecule has 2 aromatic rings. The topological polar surface area (TPSA) is 53.3 Å². The Hall–Kier alpha value is -1.92. The summed E-state index contributed by atoms with van der Waals surface area (Å²) in [5, 5.41) is 4.32. The van der Waals surface area contributed by atoms with Crippen molar-refractivity contribution in [2.45, 2.75) is 39.3 Å². The largest absolute Gasteiger partial charge is 0.462 e. The first-order chi connectivity index (χ1) is 11.4. The maximum absolute atomic E-state index is 12.2.